The number of imide groups is 2. The fourth-order valence-corrected chi connectivity index (χ4v) is 2.24. The molecule has 0 spiro atoms. The van der Waals surface area contributed by atoms with Gasteiger partial charge in [0.1, 0.15) is 11.3 Å². The highest BCUT2D eigenvalue weighted by atomic mass is 16.3. The van der Waals surface area contributed by atoms with E-state index in [-0.39, 0.29) is 5.57 Å². The molecule has 2 heterocycles. The second kappa shape index (κ2) is 8.12. The molecule has 1 fully saturated rings. The van der Waals surface area contributed by atoms with Gasteiger partial charge in [0, 0.05) is 6.54 Å². The summed E-state index contributed by atoms with van der Waals surface area (Å²) in [6, 6.07) is 2.84. The number of hydrogen-bond donors (Lipinski definition) is 1. The Morgan fingerprint density at radius 1 is 1.22 bits per heavy atom. The minimum atomic E-state index is -0.672. The molecule has 4 amide bonds. The van der Waals surface area contributed by atoms with Gasteiger partial charge in [-0.3, -0.25) is 19.8 Å². The fourth-order valence-electron chi connectivity index (χ4n) is 2.24. The lowest BCUT2D eigenvalue weighted by Crippen LogP contribution is -2.54. The quantitative estimate of drug-likeness (QED) is 0.476. The number of nitrogens with one attached hydrogen (secondary N) is 1. The van der Waals surface area contributed by atoms with Crippen LogP contribution in [-0.2, 0) is 9.59 Å². The highest BCUT2D eigenvalue weighted by Crippen LogP contribution is 2.12. The number of carbonyl (C=O) groups is 3. The van der Waals surface area contributed by atoms with Crippen LogP contribution in [0, 0.1) is 0 Å². The van der Waals surface area contributed by atoms with Crippen molar-refractivity contribution < 1.29 is 18.8 Å². The van der Waals surface area contributed by atoms with Crippen LogP contribution in [0.5, 0.6) is 0 Å². The van der Waals surface area contributed by atoms with Crippen LogP contribution in [0.15, 0.2) is 40.5 Å². The van der Waals surface area contributed by atoms with Gasteiger partial charge in [0.15, 0.2) is 0 Å². The molecule has 1 aliphatic rings. The molecular weight excluding hydrogens is 296 g/mol. The number of carbonyl (C=O) groups excluding carboxylic acids is 3. The first kappa shape index (κ1) is 16.7. The van der Waals surface area contributed by atoms with E-state index in [0.29, 0.717) is 12.3 Å². The Bertz CT molecular complexity index is 629. The Labute approximate surface area is 134 Å². The molecular formula is C17H20N2O4. The van der Waals surface area contributed by atoms with Crippen LogP contribution in [0.4, 0.5) is 4.79 Å². The van der Waals surface area contributed by atoms with Gasteiger partial charge in [0.05, 0.1) is 6.26 Å². The summed E-state index contributed by atoms with van der Waals surface area (Å²) in [5.41, 5.74) is -0.0529. The number of urea groups is 1. The molecule has 6 nitrogen and oxygen atoms in total. The normalized spacial score (nSPS) is 17.3. The van der Waals surface area contributed by atoms with Crippen LogP contribution in [0.1, 0.15) is 38.4 Å². The third kappa shape index (κ3) is 4.42. The van der Waals surface area contributed by atoms with Gasteiger partial charge in [-0.1, -0.05) is 32.3 Å². The van der Waals surface area contributed by atoms with Gasteiger partial charge in [0.2, 0.25) is 0 Å². The number of furan rings is 1. The maximum Gasteiger partial charge on any atom is 0.331 e. The molecule has 0 unspecified atom stereocenters. The molecule has 6 heteroatoms. The molecule has 0 bridgehead atoms. The van der Waals surface area contributed by atoms with Gasteiger partial charge >= 0.3 is 6.03 Å². The average molecular weight is 316 g/mol. The lowest BCUT2D eigenvalue weighted by Gasteiger charge is -2.26. The van der Waals surface area contributed by atoms with E-state index in [2.05, 4.69) is 12.2 Å². The predicted molar refractivity (Wildman–Crippen MR) is 85.2 cm³/mol. The van der Waals surface area contributed by atoms with Crippen LogP contribution in [-0.4, -0.2) is 29.3 Å². The van der Waals surface area contributed by atoms with Gasteiger partial charge in [-0.15, -0.1) is 0 Å². The van der Waals surface area contributed by atoms with Gasteiger partial charge in [0.25, 0.3) is 11.8 Å². The molecule has 1 aromatic heterocycles. The van der Waals surface area contributed by atoms with Crippen molar-refractivity contribution in [1.29, 1.82) is 0 Å². The first-order chi connectivity index (χ1) is 11.1. The molecule has 0 aliphatic carbocycles. The van der Waals surface area contributed by atoms with Crippen LogP contribution in [0.2, 0.25) is 0 Å². The zero-order valence-corrected chi connectivity index (χ0v) is 13.1. The van der Waals surface area contributed by atoms with E-state index >= 15 is 0 Å². The van der Waals surface area contributed by atoms with Crippen molar-refractivity contribution in [1.82, 2.24) is 10.2 Å². The SMILES string of the molecule is CCCCCCN1C(=O)NC(=O)C(=CC=Cc2ccco2)C1=O. The minimum Gasteiger partial charge on any atom is -0.465 e. The minimum absolute atomic E-state index is 0.0529. The molecule has 0 saturated carbocycles. The van der Waals surface area contributed by atoms with Crippen molar-refractivity contribution in [3.63, 3.8) is 0 Å². The fraction of sp³-hybridized carbons (Fsp3) is 0.353. The van der Waals surface area contributed by atoms with Crippen LogP contribution in [0.3, 0.4) is 0 Å². The van der Waals surface area contributed by atoms with Crippen molar-refractivity contribution >= 4 is 23.9 Å². The molecule has 122 valence electrons. The Kier molecular flexibility index (Phi) is 5.91. The first-order valence-corrected chi connectivity index (χ1v) is 7.72. The monoisotopic (exact) mass is 316 g/mol. The van der Waals surface area contributed by atoms with Crippen molar-refractivity contribution in [3.8, 4) is 0 Å². The molecule has 1 aliphatic heterocycles. The third-order valence-corrected chi connectivity index (χ3v) is 3.49. The Hall–Kier alpha value is -2.63. The number of barbiturate groups is 1. The molecule has 0 aromatic carbocycles. The predicted octanol–water partition coefficient (Wildman–Crippen LogP) is 2.88. The molecule has 1 aromatic rings. The second-order valence-electron chi connectivity index (χ2n) is 5.23. The molecule has 1 saturated heterocycles. The van der Waals surface area contributed by atoms with E-state index in [1.807, 2.05) is 0 Å². The van der Waals surface area contributed by atoms with Crippen molar-refractivity contribution in [2.24, 2.45) is 0 Å². The number of amides is 4. The van der Waals surface area contributed by atoms with Crippen LogP contribution < -0.4 is 5.32 Å². The smallest absolute Gasteiger partial charge is 0.331 e. The van der Waals surface area contributed by atoms with Crippen LogP contribution in [0.25, 0.3) is 6.08 Å². The molecule has 0 atom stereocenters. The van der Waals surface area contributed by atoms with E-state index in [1.165, 1.54) is 12.3 Å². The van der Waals surface area contributed by atoms with Crippen molar-refractivity contribution in [2.75, 3.05) is 6.54 Å². The van der Waals surface area contributed by atoms with Gasteiger partial charge in [-0.2, -0.15) is 0 Å². The standard InChI is InChI=1S/C17H20N2O4/c1-2-3-4-5-11-19-16(21)14(15(20)18-17(19)22)10-6-8-13-9-7-12-23-13/h6-10,12H,2-5,11H2,1H3,(H,18,20,22). The maximum absolute atomic E-state index is 12.3. The summed E-state index contributed by atoms with van der Waals surface area (Å²) in [5.74, 6) is -0.619. The summed E-state index contributed by atoms with van der Waals surface area (Å²) >= 11 is 0. The van der Waals surface area contributed by atoms with Gasteiger partial charge < -0.3 is 4.42 Å². The molecule has 1 N–H and O–H groups in total. The third-order valence-electron chi connectivity index (χ3n) is 3.49. The summed E-state index contributed by atoms with van der Waals surface area (Å²) in [4.78, 5) is 37.0. The number of hydrogen-bond acceptors (Lipinski definition) is 4. The summed E-state index contributed by atoms with van der Waals surface area (Å²) < 4.78 is 5.12. The topological polar surface area (TPSA) is 79.6 Å². The molecule has 23 heavy (non-hydrogen) atoms. The van der Waals surface area contributed by atoms with Gasteiger partial charge in [-0.25, -0.2) is 4.79 Å². The van der Waals surface area contributed by atoms with E-state index in [0.717, 1.165) is 30.6 Å². The Balaban J connectivity index is 2.04. The van der Waals surface area contributed by atoms with Crippen molar-refractivity contribution in [3.05, 3.63) is 41.9 Å². The van der Waals surface area contributed by atoms with E-state index < -0.39 is 17.8 Å². The van der Waals surface area contributed by atoms with E-state index in [1.54, 1.807) is 24.3 Å². The maximum atomic E-state index is 12.3. The first-order valence-electron chi connectivity index (χ1n) is 7.72. The highest BCUT2D eigenvalue weighted by molar-refractivity contribution is 6.28. The van der Waals surface area contributed by atoms with Gasteiger partial charge in [-0.05, 0) is 30.7 Å². The largest absolute Gasteiger partial charge is 0.465 e. The van der Waals surface area contributed by atoms with E-state index in [4.69, 9.17) is 4.42 Å². The summed E-state index contributed by atoms with van der Waals surface area (Å²) in [6.45, 7) is 2.40. The Morgan fingerprint density at radius 3 is 2.74 bits per heavy atom. The lowest BCUT2D eigenvalue weighted by molar-refractivity contribution is -0.130. The zero-order chi connectivity index (χ0) is 16.7. The second-order valence-corrected chi connectivity index (χ2v) is 5.23. The average Bonchev–Trinajstić information content (AvgIpc) is 3.03. The zero-order valence-electron chi connectivity index (χ0n) is 13.1. The number of nitrogens with zero attached hydrogens (tertiary/aromatic N) is 1. The number of unbranched alkanes of at least 4 members (excludes halogenated alkanes) is 3. The molecule has 2 rings (SSSR count). The highest BCUT2D eigenvalue weighted by Gasteiger charge is 2.34. The number of rotatable bonds is 7. The Morgan fingerprint density at radius 2 is 2.04 bits per heavy atom. The van der Waals surface area contributed by atoms with Crippen LogP contribution >= 0.6 is 0 Å². The van der Waals surface area contributed by atoms with E-state index in [9.17, 15) is 14.4 Å². The summed E-state index contributed by atoms with van der Waals surface area (Å²) in [7, 11) is 0. The number of allylic oxidation sites excluding steroid dienone is 2. The van der Waals surface area contributed by atoms with Crippen molar-refractivity contribution in [2.45, 2.75) is 32.6 Å². The molecule has 0 radical (unpaired) electrons. The summed E-state index contributed by atoms with van der Waals surface area (Å²) in [5, 5.41) is 2.20. The summed E-state index contributed by atoms with van der Waals surface area (Å²) in [6.07, 6.45) is 9.91. The lowest BCUT2D eigenvalue weighted by atomic mass is 10.1.